The topological polar surface area (TPSA) is 74.8 Å². The number of rotatable bonds is 2. The number of piperidine rings is 1. The van der Waals surface area contributed by atoms with Gasteiger partial charge >= 0.3 is 0 Å². The fraction of sp³-hybridized carbons (Fsp3) is 0.429. The molecule has 104 valence electrons. The predicted octanol–water partition coefficient (Wildman–Crippen LogP) is 1.53. The number of H-pyrrole nitrogens is 1. The maximum absolute atomic E-state index is 12.3. The molecule has 1 fully saturated rings. The van der Waals surface area contributed by atoms with Crippen LogP contribution in [0.2, 0.25) is 0 Å². The number of hydrogen-bond acceptors (Lipinski definition) is 4. The zero-order chi connectivity index (χ0) is 13.9. The van der Waals surface area contributed by atoms with Gasteiger partial charge in [-0.15, -0.1) is 0 Å². The van der Waals surface area contributed by atoms with Gasteiger partial charge in [0.05, 0.1) is 12.5 Å². The number of likely N-dealkylation sites (tertiary alicyclic amines) is 1. The second-order valence-corrected chi connectivity index (χ2v) is 5.08. The van der Waals surface area contributed by atoms with Crippen LogP contribution >= 0.6 is 0 Å². The first-order valence-electron chi connectivity index (χ1n) is 6.81. The molecule has 1 saturated heterocycles. The number of aromatic amines is 1. The van der Waals surface area contributed by atoms with E-state index < -0.39 is 0 Å². The van der Waals surface area contributed by atoms with Crippen molar-refractivity contribution in [3.63, 3.8) is 0 Å². The number of hydrogen-bond donors (Lipinski definition) is 1. The molecule has 0 bridgehead atoms. The Bertz CT molecular complexity index is 595. The summed E-state index contributed by atoms with van der Waals surface area (Å²) in [6.07, 6.45) is 6.94. The number of amides is 1. The number of nitrogens with one attached hydrogen (secondary N) is 1. The van der Waals surface area contributed by atoms with Crippen molar-refractivity contribution < 1.29 is 4.79 Å². The van der Waals surface area contributed by atoms with Gasteiger partial charge in [-0.2, -0.15) is 0 Å². The average Bonchev–Trinajstić information content (AvgIpc) is 3.01. The van der Waals surface area contributed by atoms with E-state index in [0.717, 1.165) is 30.9 Å². The van der Waals surface area contributed by atoms with Crippen molar-refractivity contribution >= 4 is 5.91 Å². The molecule has 1 amide bonds. The summed E-state index contributed by atoms with van der Waals surface area (Å²) in [5.41, 5.74) is 1.57. The van der Waals surface area contributed by atoms with E-state index in [1.165, 1.54) is 6.33 Å². The molecule has 2 aromatic heterocycles. The molecule has 0 radical (unpaired) electrons. The molecule has 3 rings (SSSR count). The summed E-state index contributed by atoms with van der Waals surface area (Å²) in [6, 6.07) is 1.95. The largest absolute Gasteiger partial charge is 0.341 e. The summed E-state index contributed by atoms with van der Waals surface area (Å²) in [7, 11) is 0. The van der Waals surface area contributed by atoms with Crippen molar-refractivity contribution in [1.82, 2.24) is 24.8 Å². The van der Waals surface area contributed by atoms with E-state index in [2.05, 4.69) is 19.9 Å². The van der Waals surface area contributed by atoms with E-state index in [1.807, 2.05) is 17.9 Å². The van der Waals surface area contributed by atoms with Crippen molar-refractivity contribution in [2.45, 2.75) is 25.7 Å². The predicted molar refractivity (Wildman–Crippen MR) is 73.2 cm³/mol. The molecule has 1 aliphatic rings. The Hall–Kier alpha value is -2.24. The number of carbonyl (C=O) groups is 1. The van der Waals surface area contributed by atoms with Crippen LogP contribution in [0, 0.1) is 6.92 Å². The van der Waals surface area contributed by atoms with Gasteiger partial charge in [0.25, 0.3) is 5.91 Å². The van der Waals surface area contributed by atoms with Crippen molar-refractivity contribution in [3.05, 3.63) is 42.0 Å². The van der Waals surface area contributed by atoms with Crippen LogP contribution in [0.1, 0.15) is 40.8 Å². The molecule has 6 heteroatoms. The number of aromatic nitrogens is 4. The van der Waals surface area contributed by atoms with Crippen molar-refractivity contribution in [1.29, 1.82) is 0 Å². The molecule has 0 saturated carbocycles. The Morgan fingerprint density at radius 1 is 1.50 bits per heavy atom. The van der Waals surface area contributed by atoms with E-state index >= 15 is 0 Å². The van der Waals surface area contributed by atoms with E-state index in [1.54, 1.807) is 12.4 Å². The highest BCUT2D eigenvalue weighted by Gasteiger charge is 2.26. The molecule has 6 nitrogen and oxygen atoms in total. The van der Waals surface area contributed by atoms with Crippen LogP contribution < -0.4 is 0 Å². The van der Waals surface area contributed by atoms with Crippen LogP contribution in [0.3, 0.4) is 0 Å². The molecule has 0 spiro atoms. The number of carbonyl (C=O) groups excluding carboxylic acids is 1. The molecule has 3 heterocycles. The number of aryl methyl sites for hydroxylation is 1. The van der Waals surface area contributed by atoms with Gasteiger partial charge in [0.1, 0.15) is 11.5 Å². The van der Waals surface area contributed by atoms with Gasteiger partial charge < -0.3 is 9.88 Å². The van der Waals surface area contributed by atoms with Gasteiger partial charge in [-0.05, 0) is 25.8 Å². The van der Waals surface area contributed by atoms with Crippen LogP contribution in [0.25, 0.3) is 0 Å². The molecule has 20 heavy (non-hydrogen) atoms. The maximum Gasteiger partial charge on any atom is 0.271 e. The van der Waals surface area contributed by atoms with Gasteiger partial charge in [0.15, 0.2) is 0 Å². The van der Waals surface area contributed by atoms with E-state index in [-0.39, 0.29) is 11.8 Å². The molecule has 2 aromatic rings. The SMILES string of the molecule is Cc1nccc([C@H]2CCCN(C(=O)c3cnc[nH]3)C2)n1. The highest BCUT2D eigenvalue weighted by atomic mass is 16.2. The Balaban J connectivity index is 1.75. The fourth-order valence-electron chi connectivity index (χ4n) is 2.65. The highest BCUT2D eigenvalue weighted by molar-refractivity contribution is 5.92. The summed E-state index contributed by atoms with van der Waals surface area (Å²) in [6.45, 7) is 3.38. The Morgan fingerprint density at radius 3 is 3.15 bits per heavy atom. The third-order valence-corrected chi connectivity index (χ3v) is 3.65. The average molecular weight is 271 g/mol. The first kappa shape index (κ1) is 12.8. The normalized spacial score (nSPS) is 19.1. The molecule has 1 N–H and O–H groups in total. The van der Waals surface area contributed by atoms with Crippen LogP contribution in [-0.4, -0.2) is 43.8 Å². The zero-order valence-corrected chi connectivity index (χ0v) is 11.4. The lowest BCUT2D eigenvalue weighted by Crippen LogP contribution is -2.39. The molecule has 0 aromatic carbocycles. The van der Waals surface area contributed by atoms with Gasteiger partial charge in [-0.1, -0.05) is 0 Å². The minimum Gasteiger partial charge on any atom is -0.341 e. The van der Waals surface area contributed by atoms with Gasteiger partial charge in [0, 0.05) is 30.9 Å². The lowest BCUT2D eigenvalue weighted by Gasteiger charge is -2.32. The van der Waals surface area contributed by atoms with Crippen molar-refractivity contribution in [3.8, 4) is 0 Å². The summed E-state index contributed by atoms with van der Waals surface area (Å²) in [5.74, 6) is 1.08. The van der Waals surface area contributed by atoms with Gasteiger partial charge in [-0.3, -0.25) is 4.79 Å². The van der Waals surface area contributed by atoms with Crippen LogP contribution in [-0.2, 0) is 0 Å². The van der Waals surface area contributed by atoms with E-state index in [9.17, 15) is 4.79 Å². The van der Waals surface area contributed by atoms with Gasteiger partial charge in [-0.25, -0.2) is 15.0 Å². The lowest BCUT2D eigenvalue weighted by atomic mass is 9.94. The van der Waals surface area contributed by atoms with Crippen LogP contribution in [0.15, 0.2) is 24.8 Å². The number of nitrogens with zero attached hydrogens (tertiary/aromatic N) is 4. The minimum absolute atomic E-state index is 0.0120. The first-order valence-corrected chi connectivity index (χ1v) is 6.81. The van der Waals surface area contributed by atoms with Gasteiger partial charge in [0.2, 0.25) is 0 Å². The summed E-state index contributed by atoms with van der Waals surface area (Å²) in [4.78, 5) is 29.6. The molecular formula is C14H17N5O. The fourth-order valence-corrected chi connectivity index (χ4v) is 2.65. The van der Waals surface area contributed by atoms with Crippen molar-refractivity contribution in [2.24, 2.45) is 0 Å². The first-order chi connectivity index (χ1) is 9.74. The van der Waals surface area contributed by atoms with E-state index in [0.29, 0.717) is 12.2 Å². The molecule has 1 aliphatic heterocycles. The second-order valence-electron chi connectivity index (χ2n) is 5.08. The maximum atomic E-state index is 12.3. The smallest absolute Gasteiger partial charge is 0.271 e. The minimum atomic E-state index is 0.0120. The monoisotopic (exact) mass is 271 g/mol. The molecular weight excluding hydrogens is 254 g/mol. The third kappa shape index (κ3) is 2.54. The number of imidazole rings is 1. The summed E-state index contributed by atoms with van der Waals surface area (Å²) in [5, 5.41) is 0. The molecule has 0 aliphatic carbocycles. The third-order valence-electron chi connectivity index (χ3n) is 3.65. The zero-order valence-electron chi connectivity index (χ0n) is 11.4. The summed E-state index contributed by atoms with van der Waals surface area (Å²) < 4.78 is 0. The van der Waals surface area contributed by atoms with Crippen LogP contribution in [0.5, 0.6) is 0 Å². The van der Waals surface area contributed by atoms with Crippen molar-refractivity contribution in [2.75, 3.05) is 13.1 Å². The summed E-state index contributed by atoms with van der Waals surface area (Å²) >= 11 is 0. The van der Waals surface area contributed by atoms with Crippen LogP contribution in [0.4, 0.5) is 0 Å². The molecule has 1 atom stereocenters. The van der Waals surface area contributed by atoms with E-state index in [4.69, 9.17) is 0 Å². The standard InChI is InChI=1S/C14H17N5O/c1-10-16-5-4-12(18-10)11-3-2-6-19(8-11)14(20)13-7-15-9-17-13/h4-5,7,9,11H,2-3,6,8H2,1H3,(H,15,17)/t11-/m0/s1. The molecule has 0 unspecified atom stereocenters. The highest BCUT2D eigenvalue weighted by Crippen LogP contribution is 2.26. The second kappa shape index (κ2) is 5.40. The Morgan fingerprint density at radius 2 is 2.40 bits per heavy atom. The Labute approximate surface area is 117 Å². The quantitative estimate of drug-likeness (QED) is 0.898. The lowest BCUT2D eigenvalue weighted by molar-refractivity contribution is 0.0700. The Kier molecular flexibility index (Phi) is 3.45.